The van der Waals surface area contributed by atoms with Gasteiger partial charge in [0.25, 0.3) is 0 Å². The summed E-state index contributed by atoms with van der Waals surface area (Å²) >= 11 is 0. The first-order chi connectivity index (χ1) is 14.1. The summed E-state index contributed by atoms with van der Waals surface area (Å²) in [6, 6.07) is 9.33. The molecule has 1 aromatic rings. The maximum atomic E-state index is 12.2. The summed E-state index contributed by atoms with van der Waals surface area (Å²) in [5, 5.41) is 44.2. The van der Waals surface area contributed by atoms with Crippen molar-refractivity contribution in [3.8, 4) is 0 Å². The van der Waals surface area contributed by atoms with Crippen molar-refractivity contribution in [1.29, 1.82) is 0 Å². The number of aliphatic hydroxyl groups excluding tert-OH is 3. The summed E-state index contributed by atoms with van der Waals surface area (Å²) in [6.45, 7) is 5.35. The fourth-order valence-corrected chi connectivity index (χ4v) is 5.45. The van der Waals surface area contributed by atoms with Crippen LogP contribution in [0, 0.1) is 23.2 Å². The number of hydrogen-bond donors (Lipinski definition) is 4. The van der Waals surface area contributed by atoms with Crippen molar-refractivity contribution in [2.24, 2.45) is 23.2 Å². The molecule has 0 spiro atoms. The highest BCUT2D eigenvalue weighted by Crippen LogP contribution is 2.56. The van der Waals surface area contributed by atoms with E-state index < -0.39 is 41.2 Å². The van der Waals surface area contributed by atoms with Crippen molar-refractivity contribution in [3.05, 3.63) is 42.0 Å². The molecule has 30 heavy (non-hydrogen) atoms. The van der Waals surface area contributed by atoms with Gasteiger partial charge in [-0.05, 0) is 42.7 Å². The number of carbonyl (C=O) groups excluding carboxylic acids is 1. The molecule has 2 saturated carbocycles. The van der Waals surface area contributed by atoms with E-state index in [0.717, 1.165) is 5.56 Å². The molecule has 0 saturated heterocycles. The van der Waals surface area contributed by atoms with Crippen LogP contribution in [0.1, 0.15) is 45.6 Å². The molecule has 166 valence electrons. The highest BCUT2D eigenvalue weighted by atomic mass is 16.5. The maximum Gasteiger partial charge on any atom is 0.330 e. The fraction of sp³-hybridized carbons (Fsp3) is 0.625. The van der Waals surface area contributed by atoms with Gasteiger partial charge in [0.15, 0.2) is 0 Å². The van der Waals surface area contributed by atoms with Crippen molar-refractivity contribution >= 4 is 12.0 Å². The van der Waals surface area contributed by atoms with Crippen LogP contribution in [0.2, 0.25) is 0 Å². The van der Waals surface area contributed by atoms with Crippen LogP contribution in [-0.2, 0) is 9.53 Å². The van der Waals surface area contributed by atoms with Gasteiger partial charge >= 0.3 is 5.97 Å². The van der Waals surface area contributed by atoms with Gasteiger partial charge in [0.1, 0.15) is 12.2 Å². The molecule has 7 atom stereocenters. The third-order valence-electron chi connectivity index (χ3n) is 7.34. The topological polar surface area (TPSA) is 107 Å². The Hall–Kier alpha value is -1.73. The summed E-state index contributed by atoms with van der Waals surface area (Å²) in [6.07, 6.45) is 1.10. The zero-order valence-corrected chi connectivity index (χ0v) is 17.9. The van der Waals surface area contributed by atoms with Crippen molar-refractivity contribution < 1.29 is 30.0 Å². The number of carbonyl (C=O) groups is 1. The molecule has 0 aromatic heterocycles. The summed E-state index contributed by atoms with van der Waals surface area (Å²) in [4.78, 5) is 12.2. The lowest BCUT2D eigenvalue weighted by atomic mass is 9.49. The van der Waals surface area contributed by atoms with Crippen LogP contribution in [0.15, 0.2) is 36.4 Å². The minimum Gasteiger partial charge on any atom is -0.459 e. The van der Waals surface area contributed by atoms with Crippen molar-refractivity contribution in [3.63, 3.8) is 0 Å². The van der Waals surface area contributed by atoms with Crippen LogP contribution in [0.3, 0.4) is 0 Å². The lowest BCUT2D eigenvalue weighted by Crippen LogP contribution is -2.69. The monoisotopic (exact) mass is 418 g/mol. The lowest BCUT2D eigenvalue weighted by molar-refractivity contribution is -0.268. The van der Waals surface area contributed by atoms with Gasteiger partial charge in [-0.3, -0.25) is 0 Å². The van der Waals surface area contributed by atoms with Crippen LogP contribution >= 0.6 is 0 Å². The molecule has 2 aliphatic rings. The SMILES string of the molecule is CC(C)C1CC(O)C2(C)C(O)CCC(O)(COC(=O)C=Cc3ccccc3)C2C1O. The number of rotatable bonds is 5. The van der Waals surface area contributed by atoms with Crippen LogP contribution < -0.4 is 0 Å². The maximum absolute atomic E-state index is 12.2. The normalized spacial score (nSPS) is 39.1. The van der Waals surface area contributed by atoms with Crippen LogP contribution in [0.4, 0.5) is 0 Å². The van der Waals surface area contributed by atoms with Crippen LogP contribution in [-0.4, -0.2) is 56.9 Å². The molecule has 3 rings (SSSR count). The number of fused-ring (bicyclic) bond motifs is 1. The molecule has 1 aromatic carbocycles. The first kappa shape index (κ1) is 22.9. The summed E-state index contributed by atoms with van der Waals surface area (Å²) in [5.41, 5.74) is -1.76. The zero-order chi connectivity index (χ0) is 22.1. The molecule has 0 aliphatic heterocycles. The number of hydrogen-bond acceptors (Lipinski definition) is 6. The number of ether oxygens (including phenoxy) is 1. The second-order valence-electron chi connectivity index (χ2n) is 9.50. The molecule has 6 heteroatoms. The summed E-state index contributed by atoms with van der Waals surface area (Å²) in [5.74, 6) is -1.52. The number of benzene rings is 1. The Bertz CT molecular complexity index is 762. The van der Waals surface area contributed by atoms with Gasteiger partial charge in [0.05, 0.1) is 18.3 Å². The summed E-state index contributed by atoms with van der Waals surface area (Å²) in [7, 11) is 0. The molecule has 2 fully saturated rings. The number of aliphatic hydroxyl groups is 4. The Balaban J connectivity index is 1.78. The zero-order valence-electron chi connectivity index (χ0n) is 17.9. The van der Waals surface area contributed by atoms with Gasteiger partial charge in [-0.1, -0.05) is 51.1 Å². The van der Waals surface area contributed by atoms with E-state index in [1.54, 1.807) is 13.0 Å². The first-order valence-electron chi connectivity index (χ1n) is 10.8. The predicted molar refractivity (Wildman–Crippen MR) is 113 cm³/mol. The van der Waals surface area contributed by atoms with Gasteiger partial charge < -0.3 is 25.2 Å². The Morgan fingerprint density at radius 2 is 1.87 bits per heavy atom. The predicted octanol–water partition coefficient (Wildman–Crippen LogP) is 2.15. The second kappa shape index (κ2) is 8.79. The molecule has 2 aliphatic carbocycles. The first-order valence-corrected chi connectivity index (χ1v) is 10.8. The second-order valence-corrected chi connectivity index (χ2v) is 9.50. The molecule has 0 amide bonds. The van der Waals surface area contributed by atoms with Crippen molar-refractivity contribution in [1.82, 2.24) is 0 Å². The Morgan fingerprint density at radius 3 is 2.50 bits per heavy atom. The molecule has 6 nitrogen and oxygen atoms in total. The highest BCUT2D eigenvalue weighted by Gasteiger charge is 2.64. The third-order valence-corrected chi connectivity index (χ3v) is 7.34. The van der Waals surface area contributed by atoms with Crippen LogP contribution in [0.5, 0.6) is 0 Å². The molecular formula is C24H34O6. The Labute approximate surface area is 178 Å². The quantitative estimate of drug-likeness (QED) is 0.431. The van der Waals surface area contributed by atoms with E-state index >= 15 is 0 Å². The average molecular weight is 419 g/mol. The van der Waals surface area contributed by atoms with Crippen molar-refractivity contribution in [2.75, 3.05) is 6.61 Å². The van der Waals surface area contributed by atoms with Gasteiger partial charge in [-0.25, -0.2) is 4.79 Å². The molecule has 7 unspecified atom stereocenters. The van der Waals surface area contributed by atoms with E-state index in [4.69, 9.17) is 4.74 Å². The largest absolute Gasteiger partial charge is 0.459 e. The Morgan fingerprint density at radius 1 is 1.20 bits per heavy atom. The van der Waals surface area contributed by atoms with E-state index in [-0.39, 0.29) is 31.3 Å². The van der Waals surface area contributed by atoms with E-state index in [9.17, 15) is 25.2 Å². The lowest BCUT2D eigenvalue weighted by Gasteiger charge is -2.61. The molecule has 0 bridgehead atoms. The fourth-order valence-electron chi connectivity index (χ4n) is 5.45. The minimum absolute atomic E-state index is 0.0962. The van der Waals surface area contributed by atoms with Gasteiger partial charge in [-0.15, -0.1) is 0 Å². The molecular weight excluding hydrogens is 384 g/mol. The highest BCUT2D eigenvalue weighted by molar-refractivity contribution is 5.87. The third kappa shape index (κ3) is 4.19. The van der Waals surface area contributed by atoms with Crippen LogP contribution in [0.25, 0.3) is 6.08 Å². The van der Waals surface area contributed by atoms with E-state index in [2.05, 4.69) is 0 Å². The Kier molecular flexibility index (Phi) is 6.72. The van der Waals surface area contributed by atoms with E-state index in [1.807, 2.05) is 44.2 Å². The van der Waals surface area contributed by atoms with Crippen molar-refractivity contribution in [2.45, 2.75) is 63.9 Å². The van der Waals surface area contributed by atoms with Gasteiger partial charge in [0, 0.05) is 17.4 Å². The summed E-state index contributed by atoms with van der Waals surface area (Å²) < 4.78 is 5.36. The standard InChI is InChI=1S/C24H34O6/c1-15(2)17-13-19(26)23(3)18(25)11-12-24(29,22(23)21(17)28)14-30-20(27)10-9-16-7-5-4-6-8-16/h4-10,15,17-19,21-22,25-26,28-29H,11-14H2,1-3H3. The average Bonchev–Trinajstić information content (AvgIpc) is 2.71. The molecule has 0 radical (unpaired) electrons. The minimum atomic E-state index is -1.53. The smallest absolute Gasteiger partial charge is 0.330 e. The molecule has 4 N–H and O–H groups in total. The number of esters is 1. The van der Waals surface area contributed by atoms with Gasteiger partial charge in [0.2, 0.25) is 0 Å². The van der Waals surface area contributed by atoms with E-state index in [0.29, 0.717) is 6.42 Å². The van der Waals surface area contributed by atoms with Gasteiger partial charge in [-0.2, -0.15) is 0 Å². The molecule has 0 heterocycles. The van der Waals surface area contributed by atoms with E-state index in [1.165, 1.54) is 6.08 Å².